The van der Waals surface area contributed by atoms with E-state index in [4.69, 9.17) is 4.74 Å². The normalized spacial score (nSPS) is 20.1. The molecule has 0 aromatic rings. The first-order valence-corrected chi connectivity index (χ1v) is 7.59. The molecule has 1 aliphatic rings. The summed E-state index contributed by atoms with van der Waals surface area (Å²) in [6, 6.07) is 0. The summed E-state index contributed by atoms with van der Waals surface area (Å²) in [4.78, 5) is 14.4. The monoisotopic (exact) mass is 269 g/mol. The van der Waals surface area contributed by atoms with Gasteiger partial charge in [-0.15, -0.1) is 0 Å². The fourth-order valence-electron chi connectivity index (χ4n) is 2.73. The number of hydrogen-bond donors (Lipinski definition) is 0. The Morgan fingerprint density at radius 1 is 1.11 bits per heavy atom. The maximum atomic E-state index is 11.9. The van der Waals surface area contributed by atoms with Gasteiger partial charge in [0.05, 0.1) is 5.41 Å². The molecule has 0 radical (unpaired) electrons. The summed E-state index contributed by atoms with van der Waals surface area (Å²) in [6.07, 6.45) is 4.80. The molecule has 1 heterocycles. The molecule has 112 valence electrons. The zero-order valence-electron chi connectivity index (χ0n) is 13.6. The van der Waals surface area contributed by atoms with Crippen LogP contribution in [0.4, 0.5) is 0 Å². The third-order valence-corrected chi connectivity index (χ3v) is 3.92. The van der Waals surface area contributed by atoms with Crippen molar-refractivity contribution in [1.82, 2.24) is 4.90 Å². The lowest BCUT2D eigenvalue weighted by atomic mass is 9.92. The highest BCUT2D eigenvalue weighted by atomic mass is 16.5. The van der Waals surface area contributed by atoms with E-state index >= 15 is 0 Å². The molecular weight excluding hydrogens is 238 g/mol. The van der Waals surface area contributed by atoms with E-state index in [2.05, 4.69) is 18.7 Å². The van der Waals surface area contributed by atoms with Crippen molar-refractivity contribution in [3.05, 3.63) is 0 Å². The van der Waals surface area contributed by atoms with Gasteiger partial charge in [0.25, 0.3) is 0 Å². The summed E-state index contributed by atoms with van der Waals surface area (Å²) >= 11 is 0. The molecule has 0 saturated carbocycles. The Hall–Kier alpha value is -0.570. The van der Waals surface area contributed by atoms with E-state index in [-0.39, 0.29) is 17.6 Å². The molecular formula is C16H31NO2. The fourth-order valence-corrected chi connectivity index (χ4v) is 2.73. The first-order chi connectivity index (χ1) is 8.63. The summed E-state index contributed by atoms with van der Waals surface area (Å²) in [7, 11) is 0. The minimum absolute atomic E-state index is 0.0244. The number of carbonyl (C=O) groups excluding carboxylic acids is 1. The van der Waals surface area contributed by atoms with Gasteiger partial charge in [-0.3, -0.25) is 9.69 Å². The molecule has 1 rings (SSSR count). The minimum atomic E-state index is -0.413. The van der Waals surface area contributed by atoms with Gasteiger partial charge < -0.3 is 4.74 Å². The van der Waals surface area contributed by atoms with Gasteiger partial charge in [0.2, 0.25) is 0 Å². The van der Waals surface area contributed by atoms with Crippen molar-refractivity contribution in [2.24, 2.45) is 5.41 Å². The van der Waals surface area contributed by atoms with Gasteiger partial charge in [0, 0.05) is 12.0 Å². The molecule has 3 nitrogen and oxygen atoms in total. The van der Waals surface area contributed by atoms with Gasteiger partial charge in [0.1, 0.15) is 6.10 Å². The summed E-state index contributed by atoms with van der Waals surface area (Å²) in [6.45, 7) is 14.6. The topological polar surface area (TPSA) is 29.5 Å². The van der Waals surface area contributed by atoms with Crippen molar-refractivity contribution in [3.63, 3.8) is 0 Å². The average Bonchev–Trinajstić information content (AvgIpc) is 2.28. The summed E-state index contributed by atoms with van der Waals surface area (Å²) in [5.74, 6) is -0.102. The number of ether oxygens (including phenoxy) is 1. The average molecular weight is 269 g/mol. The molecule has 1 aliphatic heterocycles. The Morgan fingerprint density at radius 2 is 1.63 bits per heavy atom. The van der Waals surface area contributed by atoms with Crippen LogP contribution in [-0.2, 0) is 9.53 Å². The first-order valence-electron chi connectivity index (χ1n) is 7.59. The Labute approximate surface area is 118 Å². The van der Waals surface area contributed by atoms with Crippen molar-refractivity contribution in [3.8, 4) is 0 Å². The number of likely N-dealkylation sites (tertiary alicyclic amines) is 1. The van der Waals surface area contributed by atoms with Gasteiger partial charge in [-0.25, -0.2) is 0 Å². The van der Waals surface area contributed by atoms with Gasteiger partial charge >= 0.3 is 5.97 Å². The first kappa shape index (κ1) is 16.5. The van der Waals surface area contributed by atoms with Crippen molar-refractivity contribution in [2.75, 3.05) is 13.1 Å². The van der Waals surface area contributed by atoms with Crippen LogP contribution in [0.5, 0.6) is 0 Å². The smallest absolute Gasteiger partial charge is 0.311 e. The van der Waals surface area contributed by atoms with Crippen LogP contribution in [0.25, 0.3) is 0 Å². The largest absolute Gasteiger partial charge is 0.462 e. The van der Waals surface area contributed by atoms with E-state index in [0.717, 1.165) is 6.42 Å². The van der Waals surface area contributed by atoms with Gasteiger partial charge in [-0.05, 0) is 67.5 Å². The molecule has 1 fully saturated rings. The third kappa shape index (κ3) is 5.13. The molecule has 1 atom stereocenters. The zero-order chi connectivity index (χ0) is 14.7. The van der Waals surface area contributed by atoms with Gasteiger partial charge in [-0.1, -0.05) is 6.42 Å². The lowest BCUT2D eigenvalue weighted by Crippen LogP contribution is -2.48. The molecule has 3 heteroatoms. The van der Waals surface area contributed by atoms with Crippen LogP contribution in [-0.4, -0.2) is 35.6 Å². The van der Waals surface area contributed by atoms with Crippen molar-refractivity contribution in [1.29, 1.82) is 0 Å². The number of piperidine rings is 1. The predicted molar refractivity (Wildman–Crippen MR) is 79.1 cm³/mol. The van der Waals surface area contributed by atoms with Crippen molar-refractivity contribution in [2.45, 2.75) is 78.9 Å². The third-order valence-electron chi connectivity index (χ3n) is 3.92. The van der Waals surface area contributed by atoms with E-state index < -0.39 is 5.41 Å². The summed E-state index contributed by atoms with van der Waals surface area (Å²) in [5.41, 5.74) is -0.304. The summed E-state index contributed by atoms with van der Waals surface area (Å²) < 4.78 is 5.58. The molecule has 0 aromatic carbocycles. The maximum Gasteiger partial charge on any atom is 0.311 e. The molecule has 1 unspecified atom stereocenters. The van der Waals surface area contributed by atoms with E-state index in [1.54, 1.807) is 0 Å². The van der Waals surface area contributed by atoms with Crippen molar-refractivity contribution >= 4 is 5.97 Å². The Kier molecular flexibility index (Phi) is 5.43. The van der Waals surface area contributed by atoms with E-state index in [1.807, 2.05) is 27.7 Å². The van der Waals surface area contributed by atoms with Crippen LogP contribution in [0.1, 0.15) is 67.2 Å². The van der Waals surface area contributed by atoms with E-state index in [0.29, 0.717) is 0 Å². The fraction of sp³-hybridized carbons (Fsp3) is 0.938. The highest BCUT2D eigenvalue weighted by molar-refractivity contribution is 5.75. The molecule has 0 spiro atoms. The van der Waals surface area contributed by atoms with Crippen LogP contribution in [0.3, 0.4) is 0 Å². The standard InChI is InChI=1S/C16H31NO2/c1-13(19-14(18)15(2,3)4)12-16(5,6)17-10-8-7-9-11-17/h13H,7-12H2,1-6H3. The predicted octanol–water partition coefficient (Wildman–Crippen LogP) is 3.62. The second-order valence-electron chi connectivity index (χ2n) is 7.53. The second-order valence-corrected chi connectivity index (χ2v) is 7.53. The molecule has 1 saturated heterocycles. The van der Waals surface area contributed by atoms with E-state index in [9.17, 15) is 4.79 Å². The van der Waals surface area contributed by atoms with Gasteiger partial charge in [-0.2, -0.15) is 0 Å². The minimum Gasteiger partial charge on any atom is -0.462 e. The number of nitrogens with zero attached hydrogens (tertiary/aromatic N) is 1. The van der Waals surface area contributed by atoms with Crippen LogP contribution in [0.15, 0.2) is 0 Å². The van der Waals surface area contributed by atoms with Crippen LogP contribution in [0.2, 0.25) is 0 Å². The maximum absolute atomic E-state index is 11.9. The lowest BCUT2D eigenvalue weighted by molar-refractivity contribution is -0.159. The Bertz CT molecular complexity index is 298. The van der Waals surface area contributed by atoms with Crippen LogP contribution in [0, 0.1) is 5.41 Å². The molecule has 0 N–H and O–H groups in total. The lowest BCUT2D eigenvalue weighted by Gasteiger charge is -2.42. The molecule has 0 bridgehead atoms. The van der Waals surface area contributed by atoms with Crippen LogP contribution >= 0.6 is 0 Å². The quantitative estimate of drug-likeness (QED) is 0.730. The van der Waals surface area contributed by atoms with Crippen molar-refractivity contribution < 1.29 is 9.53 Å². The zero-order valence-corrected chi connectivity index (χ0v) is 13.6. The molecule has 0 aliphatic carbocycles. The SMILES string of the molecule is CC(CC(C)(C)N1CCCCC1)OC(=O)C(C)(C)C. The number of rotatable bonds is 4. The molecule has 0 amide bonds. The van der Waals surface area contributed by atoms with Crippen LogP contribution < -0.4 is 0 Å². The number of hydrogen-bond acceptors (Lipinski definition) is 3. The Morgan fingerprint density at radius 3 is 2.11 bits per heavy atom. The number of esters is 1. The van der Waals surface area contributed by atoms with Gasteiger partial charge in [0.15, 0.2) is 0 Å². The number of carbonyl (C=O) groups is 1. The second kappa shape index (κ2) is 6.25. The summed E-state index contributed by atoms with van der Waals surface area (Å²) in [5, 5.41) is 0. The highest BCUT2D eigenvalue weighted by Crippen LogP contribution is 2.27. The molecule has 19 heavy (non-hydrogen) atoms. The highest BCUT2D eigenvalue weighted by Gasteiger charge is 2.32. The molecule has 0 aromatic heterocycles. The van der Waals surface area contributed by atoms with E-state index in [1.165, 1.54) is 32.4 Å². The Balaban J connectivity index is 2.50.